The summed E-state index contributed by atoms with van der Waals surface area (Å²) in [7, 11) is 0. The number of benzene rings is 3. The van der Waals surface area contributed by atoms with Crippen LogP contribution < -0.4 is 0 Å². The van der Waals surface area contributed by atoms with Crippen molar-refractivity contribution >= 4 is 22.1 Å². The lowest BCUT2D eigenvalue weighted by Crippen LogP contribution is -1.98. The highest BCUT2D eigenvalue weighted by molar-refractivity contribution is 5.91. The zero-order valence-electron chi connectivity index (χ0n) is 23.4. The summed E-state index contributed by atoms with van der Waals surface area (Å²) in [6.07, 6.45) is 5.30. The van der Waals surface area contributed by atoms with Gasteiger partial charge in [0.2, 0.25) is 0 Å². The summed E-state index contributed by atoms with van der Waals surface area (Å²) in [6, 6.07) is 39.8. The molecule has 3 aromatic carbocycles. The molecular weight excluding hydrogens is 542 g/mol. The van der Waals surface area contributed by atoms with Gasteiger partial charge in [-0.2, -0.15) is 0 Å². The second-order valence-electron chi connectivity index (χ2n) is 10.3. The molecule has 0 radical (unpaired) electrons. The van der Waals surface area contributed by atoms with Crippen molar-refractivity contribution in [2.24, 2.45) is 0 Å². The molecule has 0 amide bonds. The molecule has 206 valence electrons. The number of hydrogen-bond acceptors (Lipinski definition) is 7. The van der Waals surface area contributed by atoms with E-state index >= 15 is 0 Å². The molecule has 8 aromatic rings. The molecule has 0 N–H and O–H groups in total. The maximum Gasteiger partial charge on any atom is 0.117 e. The first-order chi connectivity index (χ1) is 21.8. The van der Waals surface area contributed by atoms with Gasteiger partial charge in [0.15, 0.2) is 0 Å². The van der Waals surface area contributed by atoms with Gasteiger partial charge in [-0.05, 0) is 71.8 Å². The van der Waals surface area contributed by atoms with Crippen LogP contribution in [-0.4, -0.2) is 34.9 Å². The van der Waals surface area contributed by atoms with Crippen LogP contribution in [0.4, 0.5) is 0 Å². The summed E-state index contributed by atoms with van der Waals surface area (Å²) in [6.45, 7) is 0. The summed E-state index contributed by atoms with van der Waals surface area (Å²) in [4.78, 5) is 33.9. The molecule has 0 aliphatic carbocycles. The van der Waals surface area contributed by atoms with Crippen molar-refractivity contribution in [3.05, 3.63) is 140 Å². The SMILES string of the molecule is c1ccc(-c2nc3cc(-c4ccc5nc(-c6ccccn6)c(-c6ccccn6)nc5c4)ccc3nc2-c2ccccn2)cc1. The predicted octanol–water partition coefficient (Wildman–Crippen LogP) is 8.09. The van der Waals surface area contributed by atoms with E-state index in [2.05, 4.69) is 39.2 Å². The van der Waals surface area contributed by atoms with Crippen molar-refractivity contribution in [1.29, 1.82) is 0 Å². The molecule has 0 fully saturated rings. The predicted molar refractivity (Wildman–Crippen MR) is 173 cm³/mol. The molecule has 5 heterocycles. The molecule has 0 atom stereocenters. The molecule has 0 saturated carbocycles. The van der Waals surface area contributed by atoms with E-state index in [1.165, 1.54) is 0 Å². The number of fused-ring (bicyclic) bond motifs is 2. The van der Waals surface area contributed by atoms with Crippen LogP contribution in [0, 0.1) is 0 Å². The van der Waals surface area contributed by atoms with E-state index < -0.39 is 0 Å². The lowest BCUT2D eigenvalue weighted by Gasteiger charge is -2.12. The minimum absolute atomic E-state index is 0.688. The van der Waals surface area contributed by atoms with Crippen LogP contribution in [0.3, 0.4) is 0 Å². The van der Waals surface area contributed by atoms with Crippen LogP contribution in [-0.2, 0) is 0 Å². The van der Waals surface area contributed by atoms with E-state index in [1.54, 1.807) is 18.6 Å². The Balaban J connectivity index is 1.27. The Labute approximate surface area is 253 Å². The van der Waals surface area contributed by atoms with Crippen molar-refractivity contribution < 1.29 is 0 Å². The number of nitrogens with zero attached hydrogens (tertiary/aromatic N) is 7. The molecule has 7 nitrogen and oxygen atoms in total. The molecule has 5 aromatic heterocycles. The number of aromatic nitrogens is 7. The van der Waals surface area contributed by atoms with Crippen molar-refractivity contribution in [2.45, 2.75) is 0 Å². The van der Waals surface area contributed by atoms with Crippen LogP contribution in [0.25, 0.3) is 78.6 Å². The van der Waals surface area contributed by atoms with Gasteiger partial charge in [0.25, 0.3) is 0 Å². The van der Waals surface area contributed by atoms with E-state index in [1.807, 2.05) is 97.1 Å². The van der Waals surface area contributed by atoms with Crippen molar-refractivity contribution in [3.63, 3.8) is 0 Å². The minimum atomic E-state index is 0.688. The highest BCUT2D eigenvalue weighted by atomic mass is 14.9. The topological polar surface area (TPSA) is 90.2 Å². The van der Waals surface area contributed by atoms with E-state index in [0.717, 1.165) is 67.2 Å². The van der Waals surface area contributed by atoms with Crippen LogP contribution in [0.15, 0.2) is 140 Å². The van der Waals surface area contributed by atoms with Crippen molar-refractivity contribution in [1.82, 2.24) is 34.9 Å². The zero-order valence-corrected chi connectivity index (χ0v) is 23.4. The maximum atomic E-state index is 5.12. The fourth-order valence-electron chi connectivity index (χ4n) is 5.31. The smallest absolute Gasteiger partial charge is 0.117 e. The van der Waals surface area contributed by atoms with Gasteiger partial charge < -0.3 is 0 Å². The summed E-state index contributed by atoms with van der Waals surface area (Å²) in [5.74, 6) is 0. The van der Waals surface area contributed by atoms with E-state index in [0.29, 0.717) is 11.4 Å². The van der Waals surface area contributed by atoms with E-state index in [-0.39, 0.29) is 0 Å². The molecule has 0 aliphatic heterocycles. The quantitative estimate of drug-likeness (QED) is 0.208. The number of rotatable bonds is 5. The molecule has 0 spiro atoms. The maximum absolute atomic E-state index is 5.12. The Morgan fingerprint density at radius 2 is 0.705 bits per heavy atom. The molecule has 0 saturated heterocycles. The largest absolute Gasteiger partial charge is 0.255 e. The normalized spacial score (nSPS) is 11.2. The summed E-state index contributed by atoms with van der Waals surface area (Å²) < 4.78 is 0. The Hall–Kier alpha value is -6.21. The fourth-order valence-corrected chi connectivity index (χ4v) is 5.31. The zero-order chi connectivity index (χ0) is 29.3. The number of hydrogen-bond donors (Lipinski definition) is 0. The van der Waals surface area contributed by atoms with E-state index in [9.17, 15) is 0 Å². The van der Waals surface area contributed by atoms with Crippen LogP contribution in [0.1, 0.15) is 0 Å². The van der Waals surface area contributed by atoms with E-state index in [4.69, 9.17) is 19.9 Å². The molecule has 44 heavy (non-hydrogen) atoms. The molecule has 0 unspecified atom stereocenters. The second kappa shape index (κ2) is 10.9. The molecule has 7 heteroatoms. The highest BCUT2D eigenvalue weighted by Crippen LogP contribution is 2.33. The summed E-state index contributed by atoms with van der Waals surface area (Å²) in [5, 5.41) is 0. The Morgan fingerprint density at radius 3 is 1.16 bits per heavy atom. The van der Waals surface area contributed by atoms with Gasteiger partial charge in [-0.3, -0.25) is 15.0 Å². The standard InChI is InChI=1S/C37H23N7/c1-2-10-24(11-3-1)34-35(29-12-4-7-19-38-29)41-27-17-15-25(22-32(27)43-34)26-16-18-28-33(23-26)44-37(31-14-6-9-21-40-31)36(42-28)30-13-5-8-20-39-30/h1-23H. The van der Waals surface area contributed by atoms with Gasteiger partial charge in [0.1, 0.15) is 17.1 Å². The van der Waals surface area contributed by atoms with Crippen LogP contribution >= 0.6 is 0 Å². The average molecular weight is 566 g/mol. The van der Waals surface area contributed by atoms with Gasteiger partial charge in [0, 0.05) is 24.2 Å². The monoisotopic (exact) mass is 565 g/mol. The highest BCUT2D eigenvalue weighted by Gasteiger charge is 2.17. The molecule has 0 bridgehead atoms. The second-order valence-corrected chi connectivity index (χ2v) is 10.3. The minimum Gasteiger partial charge on any atom is -0.255 e. The molecule has 8 rings (SSSR count). The van der Waals surface area contributed by atoms with Gasteiger partial charge in [-0.25, -0.2) is 19.9 Å². The first-order valence-electron chi connectivity index (χ1n) is 14.2. The first-order valence-corrected chi connectivity index (χ1v) is 14.2. The molecular formula is C37H23N7. The van der Waals surface area contributed by atoms with Crippen molar-refractivity contribution in [3.8, 4) is 56.5 Å². The third-order valence-electron chi connectivity index (χ3n) is 7.43. The van der Waals surface area contributed by atoms with Crippen LogP contribution in [0.5, 0.6) is 0 Å². The average Bonchev–Trinajstić information content (AvgIpc) is 3.11. The van der Waals surface area contributed by atoms with Crippen LogP contribution in [0.2, 0.25) is 0 Å². The summed E-state index contributed by atoms with van der Waals surface area (Å²) in [5.41, 5.74) is 11.3. The Kier molecular flexibility index (Phi) is 6.31. The molecule has 0 aliphatic rings. The van der Waals surface area contributed by atoms with Gasteiger partial charge >= 0.3 is 0 Å². The van der Waals surface area contributed by atoms with Gasteiger partial charge in [-0.1, -0.05) is 60.7 Å². The summed E-state index contributed by atoms with van der Waals surface area (Å²) >= 11 is 0. The van der Waals surface area contributed by atoms with Gasteiger partial charge in [-0.15, -0.1) is 0 Å². The lowest BCUT2D eigenvalue weighted by molar-refractivity contribution is 1.21. The Morgan fingerprint density at radius 1 is 0.295 bits per heavy atom. The fraction of sp³-hybridized carbons (Fsp3) is 0. The first kappa shape index (κ1) is 25.5. The lowest BCUT2D eigenvalue weighted by atomic mass is 10.0. The van der Waals surface area contributed by atoms with Gasteiger partial charge in [0.05, 0.1) is 44.8 Å². The third-order valence-corrected chi connectivity index (χ3v) is 7.43. The number of pyridine rings is 3. The Bertz CT molecular complexity index is 2090. The van der Waals surface area contributed by atoms with Crippen molar-refractivity contribution in [2.75, 3.05) is 0 Å². The third kappa shape index (κ3) is 4.72.